The van der Waals surface area contributed by atoms with Crippen LogP contribution in [-0.4, -0.2) is 21.1 Å². The van der Waals surface area contributed by atoms with Gasteiger partial charge in [0.2, 0.25) is 11.0 Å². The molecule has 2 heterocycles. The van der Waals surface area contributed by atoms with Crippen LogP contribution in [0.25, 0.3) is 0 Å². The van der Waals surface area contributed by atoms with Crippen LogP contribution in [-0.2, 0) is 11.3 Å². The highest BCUT2D eigenvalue weighted by atomic mass is 35.5. The Morgan fingerprint density at radius 2 is 2.14 bits per heavy atom. The molecule has 1 aromatic heterocycles. The smallest absolute Gasteiger partial charge is 0.237 e. The SMILES string of the molecule is Nc1nnc(CN2NC(c3ccc(Cl)cc3)CCC2=O)s1. The Morgan fingerprint density at radius 3 is 2.81 bits per heavy atom. The number of halogens is 1. The van der Waals surface area contributed by atoms with Crippen molar-refractivity contribution in [1.82, 2.24) is 20.6 Å². The van der Waals surface area contributed by atoms with Crippen molar-refractivity contribution in [3.8, 4) is 0 Å². The summed E-state index contributed by atoms with van der Waals surface area (Å²) in [5.74, 6) is 0.0500. The van der Waals surface area contributed by atoms with Gasteiger partial charge in [0.05, 0.1) is 12.6 Å². The van der Waals surface area contributed by atoms with Crippen molar-refractivity contribution in [2.75, 3.05) is 5.73 Å². The molecule has 1 aliphatic rings. The van der Waals surface area contributed by atoms with Crippen LogP contribution in [0.15, 0.2) is 24.3 Å². The summed E-state index contributed by atoms with van der Waals surface area (Å²) in [5.41, 5.74) is 9.90. The number of aromatic nitrogens is 2. The number of anilines is 1. The van der Waals surface area contributed by atoms with Crippen molar-refractivity contribution >= 4 is 34.0 Å². The van der Waals surface area contributed by atoms with Crippen molar-refractivity contribution in [3.63, 3.8) is 0 Å². The Hall–Kier alpha value is -1.70. The lowest BCUT2D eigenvalue weighted by atomic mass is 10.0. The van der Waals surface area contributed by atoms with E-state index in [1.54, 1.807) is 5.01 Å². The van der Waals surface area contributed by atoms with Crippen molar-refractivity contribution in [3.05, 3.63) is 39.9 Å². The maximum atomic E-state index is 12.0. The van der Waals surface area contributed by atoms with E-state index in [0.29, 0.717) is 28.1 Å². The first kappa shape index (κ1) is 14.2. The van der Waals surface area contributed by atoms with Gasteiger partial charge in [0.15, 0.2) is 0 Å². The van der Waals surface area contributed by atoms with Crippen LogP contribution in [0.2, 0.25) is 5.02 Å². The number of nitrogen functional groups attached to an aromatic ring is 1. The number of nitrogens with two attached hydrogens (primary N) is 1. The van der Waals surface area contributed by atoms with Crippen molar-refractivity contribution < 1.29 is 4.79 Å². The Balaban J connectivity index is 1.72. The van der Waals surface area contributed by atoms with Gasteiger partial charge in [0.1, 0.15) is 5.01 Å². The zero-order valence-electron chi connectivity index (χ0n) is 11.1. The average molecular weight is 324 g/mol. The number of hydrogen-bond acceptors (Lipinski definition) is 6. The number of benzene rings is 1. The highest BCUT2D eigenvalue weighted by Crippen LogP contribution is 2.26. The molecule has 0 spiro atoms. The molecule has 3 rings (SSSR count). The van der Waals surface area contributed by atoms with E-state index in [-0.39, 0.29) is 11.9 Å². The average Bonchev–Trinajstić information content (AvgIpc) is 2.88. The summed E-state index contributed by atoms with van der Waals surface area (Å²) in [5, 5.41) is 11.1. The normalized spacial score (nSPS) is 19.0. The van der Waals surface area contributed by atoms with E-state index in [1.165, 1.54) is 11.3 Å². The first-order valence-electron chi connectivity index (χ1n) is 6.51. The van der Waals surface area contributed by atoms with Gasteiger partial charge in [0, 0.05) is 11.4 Å². The van der Waals surface area contributed by atoms with Gasteiger partial charge >= 0.3 is 0 Å². The molecule has 1 fully saturated rings. The van der Waals surface area contributed by atoms with Gasteiger partial charge in [-0.1, -0.05) is 35.1 Å². The molecule has 1 atom stereocenters. The molecule has 21 heavy (non-hydrogen) atoms. The molecular formula is C13H14ClN5OS. The summed E-state index contributed by atoms with van der Waals surface area (Å²) in [7, 11) is 0. The third kappa shape index (κ3) is 3.31. The zero-order valence-corrected chi connectivity index (χ0v) is 12.7. The molecule has 0 bridgehead atoms. The second kappa shape index (κ2) is 5.97. The molecule has 1 aromatic carbocycles. The molecular weight excluding hydrogens is 310 g/mol. The van der Waals surface area contributed by atoms with Gasteiger partial charge < -0.3 is 5.73 Å². The number of carbonyl (C=O) groups is 1. The maximum Gasteiger partial charge on any atom is 0.237 e. The molecule has 6 nitrogen and oxygen atoms in total. The summed E-state index contributed by atoms with van der Waals surface area (Å²) in [6.45, 7) is 0.373. The molecule has 0 aliphatic carbocycles. The monoisotopic (exact) mass is 323 g/mol. The molecule has 2 aromatic rings. The predicted octanol–water partition coefficient (Wildman–Crippen LogP) is 2.14. The van der Waals surface area contributed by atoms with E-state index < -0.39 is 0 Å². The first-order valence-corrected chi connectivity index (χ1v) is 7.71. The summed E-state index contributed by atoms with van der Waals surface area (Å²) < 4.78 is 0. The lowest BCUT2D eigenvalue weighted by Crippen LogP contribution is -2.48. The fraction of sp³-hybridized carbons (Fsp3) is 0.308. The van der Waals surface area contributed by atoms with E-state index in [1.807, 2.05) is 24.3 Å². The molecule has 1 amide bonds. The first-order chi connectivity index (χ1) is 10.1. The fourth-order valence-corrected chi connectivity index (χ4v) is 2.99. The van der Waals surface area contributed by atoms with Crippen LogP contribution in [0.1, 0.15) is 29.5 Å². The molecule has 0 saturated carbocycles. The topological polar surface area (TPSA) is 84.1 Å². The van der Waals surface area contributed by atoms with Crippen LogP contribution in [0.4, 0.5) is 5.13 Å². The highest BCUT2D eigenvalue weighted by molar-refractivity contribution is 7.15. The number of rotatable bonds is 3. The van der Waals surface area contributed by atoms with Crippen molar-refractivity contribution in [2.45, 2.75) is 25.4 Å². The fourth-order valence-electron chi connectivity index (χ4n) is 2.26. The van der Waals surface area contributed by atoms with E-state index in [2.05, 4.69) is 15.6 Å². The van der Waals surface area contributed by atoms with Crippen LogP contribution in [0, 0.1) is 0 Å². The number of carbonyl (C=O) groups excluding carboxylic acids is 1. The van der Waals surface area contributed by atoms with E-state index in [9.17, 15) is 4.79 Å². The van der Waals surface area contributed by atoms with Gasteiger partial charge in [-0.3, -0.25) is 9.80 Å². The molecule has 1 unspecified atom stereocenters. The predicted molar refractivity (Wildman–Crippen MR) is 81.4 cm³/mol. The van der Waals surface area contributed by atoms with Gasteiger partial charge in [0.25, 0.3) is 0 Å². The summed E-state index contributed by atoms with van der Waals surface area (Å²) in [4.78, 5) is 12.0. The molecule has 0 radical (unpaired) electrons. The Bertz CT molecular complexity index is 644. The van der Waals surface area contributed by atoms with Gasteiger partial charge in [-0.2, -0.15) is 0 Å². The summed E-state index contributed by atoms with van der Waals surface area (Å²) in [6, 6.07) is 7.73. The molecule has 8 heteroatoms. The molecule has 3 N–H and O–H groups in total. The minimum absolute atomic E-state index is 0.0500. The number of nitrogens with zero attached hydrogens (tertiary/aromatic N) is 3. The number of hydrogen-bond donors (Lipinski definition) is 2. The molecule has 1 saturated heterocycles. The van der Waals surface area contributed by atoms with Gasteiger partial charge in [-0.25, -0.2) is 5.43 Å². The van der Waals surface area contributed by atoms with Crippen LogP contribution in [0.3, 0.4) is 0 Å². The van der Waals surface area contributed by atoms with E-state index >= 15 is 0 Å². The Kier molecular flexibility index (Phi) is 4.05. The van der Waals surface area contributed by atoms with Gasteiger partial charge in [-0.05, 0) is 24.1 Å². The maximum absolute atomic E-state index is 12.0. The largest absolute Gasteiger partial charge is 0.374 e. The second-order valence-corrected chi connectivity index (χ2v) is 6.32. The molecule has 110 valence electrons. The molecule has 1 aliphatic heterocycles. The third-order valence-corrected chi connectivity index (χ3v) is 4.30. The lowest BCUT2D eigenvalue weighted by Gasteiger charge is -2.33. The van der Waals surface area contributed by atoms with Crippen molar-refractivity contribution in [2.24, 2.45) is 0 Å². The Labute approximate surface area is 130 Å². The Morgan fingerprint density at radius 1 is 1.38 bits per heavy atom. The lowest BCUT2D eigenvalue weighted by molar-refractivity contribution is -0.139. The van der Waals surface area contributed by atoms with Crippen LogP contribution in [0.5, 0.6) is 0 Å². The van der Waals surface area contributed by atoms with Crippen LogP contribution >= 0.6 is 22.9 Å². The second-order valence-electron chi connectivity index (χ2n) is 4.79. The minimum atomic E-state index is 0.0500. The number of amides is 1. The van der Waals surface area contributed by atoms with E-state index in [0.717, 1.165) is 12.0 Å². The standard InChI is InChI=1S/C13H14ClN5OS/c14-9-3-1-8(2-4-9)10-5-6-12(20)19(18-10)7-11-16-17-13(15)21-11/h1-4,10,18H,5-7H2,(H2,15,17). The summed E-state index contributed by atoms with van der Waals surface area (Å²) >= 11 is 7.19. The van der Waals surface area contributed by atoms with E-state index in [4.69, 9.17) is 17.3 Å². The quantitative estimate of drug-likeness (QED) is 0.904. The van der Waals surface area contributed by atoms with Crippen molar-refractivity contribution in [1.29, 1.82) is 0 Å². The highest BCUT2D eigenvalue weighted by Gasteiger charge is 2.26. The van der Waals surface area contributed by atoms with Gasteiger partial charge in [-0.15, -0.1) is 10.2 Å². The summed E-state index contributed by atoms with van der Waals surface area (Å²) in [6.07, 6.45) is 1.25. The minimum Gasteiger partial charge on any atom is -0.374 e. The van der Waals surface area contributed by atoms with Crippen LogP contribution < -0.4 is 11.2 Å². The number of hydrazine groups is 1. The third-order valence-electron chi connectivity index (χ3n) is 3.31. The number of nitrogens with one attached hydrogen (secondary N) is 1. The zero-order chi connectivity index (χ0) is 14.8.